The number of fused-ring (bicyclic) bond motifs is 1. The van der Waals surface area contributed by atoms with Gasteiger partial charge in [-0.3, -0.25) is 4.57 Å². The highest BCUT2D eigenvalue weighted by Crippen LogP contribution is 2.45. The molecule has 3 N–H and O–H groups in total. The van der Waals surface area contributed by atoms with E-state index in [2.05, 4.69) is 15.0 Å². The highest BCUT2D eigenvalue weighted by Gasteiger charge is 2.31. The second-order valence-electron chi connectivity index (χ2n) is 9.26. The minimum absolute atomic E-state index is 0.0201. The number of phenols is 1. The van der Waals surface area contributed by atoms with E-state index in [0.29, 0.717) is 16.8 Å². The van der Waals surface area contributed by atoms with Gasteiger partial charge in [-0.1, -0.05) is 30.3 Å². The fourth-order valence-electron chi connectivity index (χ4n) is 4.43. The first-order valence-corrected chi connectivity index (χ1v) is 12.2. The average molecular weight is 562 g/mol. The summed E-state index contributed by atoms with van der Waals surface area (Å²) < 4.78 is 44.3. The van der Waals surface area contributed by atoms with E-state index in [0.717, 1.165) is 23.3 Å². The summed E-state index contributed by atoms with van der Waals surface area (Å²) in [6.45, 7) is 3.77. The summed E-state index contributed by atoms with van der Waals surface area (Å²) in [4.78, 5) is 11.4. The molecule has 208 valence electrons. The quantitative estimate of drug-likeness (QED) is 0.180. The maximum atomic E-state index is 12.9. The van der Waals surface area contributed by atoms with Crippen molar-refractivity contribution in [2.24, 2.45) is 10.2 Å². The number of carbonyl (C=O) groups is 1. The van der Waals surface area contributed by atoms with E-state index in [1.54, 1.807) is 36.4 Å². The number of phenolic OH excluding ortho intramolecular Hbond substituents is 1. The Balaban J connectivity index is 1.64. The maximum absolute atomic E-state index is 12.9. The molecule has 0 atom stereocenters. The van der Waals surface area contributed by atoms with Crippen molar-refractivity contribution >= 4 is 28.2 Å². The zero-order valence-corrected chi connectivity index (χ0v) is 21.6. The van der Waals surface area contributed by atoms with Crippen LogP contribution in [0.15, 0.2) is 89.1 Å². The molecular weight excluding hydrogens is 539 g/mol. The van der Waals surface area contributed by atoms with E-state index >= 15 is 0 Å². The number of ether oxygens (including phenoxy) is 1. The van der Waals surface area contributed by atoms with Gasteiger partial charge in [-0.15, -0.1) is 23.4 Å². The lowest BCUT2D eigenvalue weighted by atomic mass is 10.0. The monoisotopic (exact) mass is 561 g/mol. The van der Waals surface area contributed by atoms with Crippen LogP contribution in [0.2, 0.25) is 0 Å². The number of carboxylic acid groups (broad SMARTS) is 1. The molecule has 0 unspecified atom stereocenters. The number of aromatic carboxylic acids is 1. The molecule has 1 heterocycles. The number of hydrogen-bond acceptors (Lipinski definition) is 6. The van der Waals surface area contributed by atoms with Gasteiger partial charge in [-0.25, -0.2) is 4.79 Å². The van der Waals surface area contributed by atoms with Gasteiger partial charge in [-0.05, 0) is 73.0 Å². The highest BCUT2D eigenvalue weighted by atomic mass is 19.4. The van der Waals surface area contributed by atoms with Crippen LogP contribution in [0.5, 0.6) is 17.4 Å². The predicted molar refractivity (Wildman–Crippen MR) is 146 cm³/mol. The number of hydrogen-bond donors (Lipinski definition) is 3. The Hall–Kier alpha value is -5.32. The van der Waals surface area contributed by atoms with Crippen molar-refractivity contribution < 1.29 is 38.0 Å². The van der Waals surface area contributed by atoms with E-state index in [9.17, 15) is 33.3 Å². The summed E-state index contributed by atoms with van der Waals surface area (Å²) in [6.07, 6.45) is -4.91. The van der Waals surface area contributed by atoms with Gasteiger partial charge >= 0.3 is 12.3 Å². The minimum atomic E-state index is -4.91. The molecule has 11 heteroatoms. The standard InChI is InChI=1S/C30H22F3N3O5/c1-16-9-10-20(13-17(16)2)36-25-15-21(41-30(31,32)33)11-12-23(25)26(28(36)38)35-34-24-8-4-7-22(27(24)37)18-5-3-6-19(14-18)29(39)40/h3-15,37-38H,1-2H3,(H,39,40). The second-order valence-corrected chi connectivity index (χ2v) is 9.26. The summed E-state index contributed by atoms with van der Waals surface area (Å²) in [5.74, 6) is -2.27. The number of benzene rings is 4. The average Bonchev–Trinajstić information content (AvgIpc) is 3.19. The first-order valence-electron chi connectivity index (χ1n) is 12.2. The van der Waals surface area contributed by atoms with Crippen LogP contribution in [0.25, 0.3) is 27.7 Å². The number of aromatic nitrogens is 1. The van der Waals surface area contributed by atoms with Gasteiger partial charge in [0.15, 0.2) is 11.4 Å². The number of nitrogens with zero attached hydrogens (tertiary/aromatic N) is 3. The van der Waals surface area contributed by atoms with Crippen LogP contribution in [-0.2, 0) is 0 Å². The van der Waals surface area contributed by atoms with E-state index in [4.69, 9.17) is 0 Å². The molecule has 0 fully saturated rings. The number of aromatic hydroxyl groups is 2. The molecule has 0 spiro atoms. The summed E-state index contributed by atoms with van der Waals surface area (Å²) in [7, 11) is 0. The van der Waals surface area contributed by atoms with Gasteiger partial charge in [0, 0.05) is 22.7 Å². The minimum Gasteiger partial charge on any atom is -0.505 e. The molecule has 0 radical (unpaired) electrons. The van der Waals surface area contributed by atoms with Crippen LogP contribution >= 0.6 is 0 Å². The van der Waals surface area contributed by atoms with Gasteiger partial charge in [0.2, 0.25) is 5.88 Å². The smallest absolute Gasteiger partial charge is 0.505 e. The number of para-hydroxylation sites is 1. The molecule has 8 nitrogen and oxygen atoms in total. The number of carboxylic acids is 1. The zero-order valence-electron chi connectivity index (χ0n) is 21.6. The van der Waals surface area contributed by atoms with Crippen LogP contribution in [0.1, 0.15) is 21.5 Å². The molecule has 0 aliphatic heterocycles. The number of halogens is 3. The van der Waals surface area contributed by atoms with Gasteiger partial charge in [0.1, 0.15) is 11.4 Å². The van der Waals surface area contributed by atoms with Crippen molar-refractivity contribution in [1.29, 1.82) is 0 Å². The van der Waals surface area contributed by atoms with Crippen LogP contribution in [0.3, 0.4) is 0 Å². The summed E-state index contributed by atoms with van der Waals surface area (Å²) in [6, 6.07) is 19.5. The predicted octanol–water partition coefficient (Wildman–Crippen LogP) is 8.34. The Labute approximate surface area is 231 Å². The summed E-state index contributed by atoms with van der Waals surface area (Å²) >= 11 is 0. The molecule has 0 saturated carbocycles. The van der Waals surface area contributed by atoms with Crippen LogP contribution < -0.4 is 4.74 Å². The van der Waals surface area contributed by atoms with Gasteiger partial charge < -0.3 is 20.1 Å². The largest absolute Gasteiger partial charge is 0.573 e. The van der Waals surface area contributed by atoms with Crippen molar-refractivity contribution in [3.63, 3.8) is 0 Å². The lowest BCUT2D eigenvalue weighted by Crippen LogP contribution is -2.17. The topological polar surface area (TPSA) is 117 Å². The van der Waals surface area contributed by atoms with Crippen LogP contribution in [0.4, 0.5) is 24.5 Å². The fraction of sp³-hybridized carbons (Fsp3) is 0.100. The van der Waals surface area contributed by atoms with Crippen molar-refractivity contribution in [3.05, 3.63) is 95.6 Å². The molecular formula is C30H22F3N3O5. The molecule has 5 aromatic rings. The lowest BCUT2D eigenvalue weighted by Gasteiger charge is -2.11. The zero-order chi connectivity index (χ0) is 29.5. The van der Waals surface area contributed by atoms with E-state index in [-0.39, 0.29) is 39.5 Å². The van der Waals surface area contributed by atoms with Crippen molar-refractivity contribution in [3.8, 4) is 34.2 Å². The number of rotatable bonds is 6. The third-order valence-corrected chi connectivity index (χ3v) is 6.56. The molecule has 0 amide bonds. The molecule has 0 saturated heterocycles. The lowest BCUT2D eigenvalue weighted by molar-refractivity contribution is -0.274. The number of alkyl halides is 3. The van der Waals surface area contributed by atoms with E-state index in [1.807, 2.05) is 19.9 Å². The number of aryl methyl sites for hydroxylation is 2. The van der Waals surface area contributed by atoms with Crippen LogP contribution in [0, 0.1) is 13.8 Å². The molecule has 0 bridgehead atoms. The Morgan fingerprint density at radius 3 is 2.34 bits per heavy atom. The van der Waals surface area contributed by atoms with Gasteiger partial charge in [-0.2, -0.15) is 0 Å². The fourth-order valence-corrected chi connectivity index (χ4v) is 4.43. The third-order valence-electron chi connectivity index (χ3n) is 6.56. The third kappa shape index (κ3) is 5.42. The summed E-state index contributed by atoms with van der Waals surface area (Å²) in [5.41, 5.74) is 3.28. The molecule has 0 aliphatic rings. The Morgan fingerprint density at radius 2 is 1.63 bits per heavy atom. The Bertz CT molecular complexity index is 1840. The second kappa shape index (κ2) is 10.3. The van der Waals surface area contributed by atoms with E-state index < -0.39 is 18.1 Å². The SMILES string of the molecule is Cc1ccc(-n2c(O)c(N=Nc3cccc(-c4cccc(C(=O)O)c4)c3O)c3ccc(OC(F)(F)F)cc32)cc1C. The number of azo groups is 1. The van der Waals surface area contributed by atoms with Crippen molar-refractivity contribution in [2.75, 3.05) is 0 Å². The van der Waals surface area contributed by atoms with Crippen molar-refractivity contribution in [2.45, 2.75) is 20.2 Å². The van der Waals surface area contributed by atoms with E-state index in [1.165, 1.54) is 28.8 Å². The first kappa shape index (κ1) is 27.3. The normalized spacial score (nSPS) is 11.8. The molecule has 0 aliphatic carbocycles. The van der Waals surface area contributed by atoms with Crippen LogP contribution in [-0.4, -0.2) is 32.2 Å². The maximum Gasteiger partial charge on any atom is 0.573 e. The molecule has 1 aromatic heterocycles. The summed E-state index contributed by atoms with van der Waals surface area (Å²) in [5, 5.41) is 40.0. The highest BCUT2D eigenvalue weighted by molar-refractivity contribution is 5.97. The molecule has 4 aromatic carbocycles. The molecule has 5 rings (SSSR count). The Morgan fingerprint density at radius 1 is 0.878 bits per heavy atom. The first-order chi connectivity index (χ1) is 19.4. The van der Waals surface area contributed by atoms with Gasteiger partial charge in [0.05, 0.1) is 11.1 Å². The van der Waals surface area contributed by atoms with Gasteiger partial charge in [0.25, 0.3) is 0 Å². The Kier molecular flexibility index (Phi) is 6.87. The molecule has 41 heavy (non-hydrogen) atoms. The van der Waals surface area contributed by atoms with Crippen molar-refractivity contribution in [1.82, 2.24) is 4.57 Å².